The molecule has 1 aliphatic heterocycles. The van der Waals surface area contributed by atoms with E-state index in [4.69, 9.17) is 4.18 Å². The molecule has 0 N–H and O–H groups in total. The fourth-order valence-corrected chi connectivity index (χ4v) is 4.14. The molecule has 0 aromatic heterocycles. The molecule has 27 heavy (non-hydrogen) atoms. The standard InChI is InChI=1S/C19H19NO6S/c1-13-12-14(20-11-5-8-18(20)21)9-10-17(13)27(23,24)26-16-7-4-3-6-15(16)19(22)25-2/h3-4,6-7,9-10,12H,5,8,11H2,1-2H3. The van der Waals surface area contributed by atoms with Crippen LogP contribution in [0, 0.1) is 6.92 Å². The fraction of sp³-hybridized carbons (Fsp3) is 0.263. The minimum Gasteiger partial charge on any atom is -0.465 e. The van der Waals surface area contributed by atoms with Gasteiger partial charge in [-0.15, -0.1) is 0 Å². The van der Waals surface area contributed by atoms with Crippen molar-refractivity contribution < 1.29 is 26.9 Å². The zero-order valence-corrected chi connectivity index (χ0v) is 15.8. The van der Waals surface area contributed by atoms with Crippen molar-refractivity contribution in [1.29, 1.82) is 0 Å². The second-order valence-corrected chi connectivity index (χ2v) is 7.64. The number of methoxy groups -OCH3 is 1. The van der Waals surface area contributed by atoms with Gasteiger partial charge in [-0.25, -0.2) is 4.79 Å². The molecule has 3 rings (SSSR count). The van der Waals surface area contributed by atoms with E-state index in [1.807, 2.05) is 0 Å². The Kier molecular flexibility index (Phi) is 5.18. The van der Waals surface area contributed by atoms with Gasteiger partial charge < -0.3 is 13.8 Å². The Balaban J connectivity index is 1.92. The molecule has 0 radical (unpaired) electrons. The summed E-state index contributed by atoms with van der Waals surface area (Å²) in [6, 6.07) is 10.6. The number of hydrogen-bond acceptors (Lipinski definition) is 6. The van der Waals surface area contributed by atoms with Crippen molar-refractivity contribution in [3.63, 3.8) is 0 Å². The van der Waals surface area contributed by atoms with E-state index < -0.39 is 16.1 Å². The average Bonchev–Trinajstić information content (AvgIpc) is 3.07. The Morgan fingerprint density at radius 3 is 2.52 bits per heavy atom. The van der Waals surface area contributed by atoms with E-state index in [2.05, 4.69) is 4.74 Å². The lowest BCUT2D eigenvalue weighted by atomic mass is 10.2. The topological polar surface area (TPSA) is 90.0 Å². The molecule has 0 unspecified atom stereocenters. The number of ether oxygens (including phenoxy) is 1. The van der Waals surface area contributed by atoms with Crippen molar-refractivity contribution >= 4 is 27.7 Å². The van der Waals surface area contributed by atoms with Crippen molar-refractivity contribution in [3.05, 3.63) is 53.6 Å². The summed E-state index contributed by atoms with van der Waals surface area (Å²) < 4.78 is 35.3. The molecule has 2 aromatic carbocycles. The number of carbonyl (C=O) groups is 2. The molecule has 8 heteroatoms. The third-order valence-corrected chi connectivity index (χ3v) is 5.70. The molecule has 1 heterocycles. The Hall–Kier alpha value is -2.87. The molecule has 0 bridgehead atoms. The number of amides is 1. The van der Waals surface area contributed by atoms with E-state index in [9.17, 15) is 18.0 Å². The first kappa shape index (κ1) is 18.9. The normalized spacial score (nSPS) is 14.3. The van der Waals surface area contributed by atoms with Crippen LogP contribution in [-0.4, -0.2) is 33.9 Å². The van der Waals surface area contributed by atoms with Crippen LogP contribution in [0.15, 0.2) is 47.4 Å². The summed E-state index contributed by atoms with van der Waals surface area (Å²) in [7, 11) is -2.97. The maximum Gasteiger partial charge on any atom is 0.341 e. The first-order valence-corrected chi connectivity index (χ1v) is 9.77. The quantitative estimate of drug-likeness (QED) is 0.577. The van der Waals surface area contributed by atoms with Crippen LogP contribution in [0.5, 0.6) is 5.75 Å². The fourth-order valence-electron chi connectivity index (χ4n) is 2.98. The van der Waals surface area contributed by atoms with E-state index in [-0.39, 0.29) is 22.1 Å². The predicted octanol–water partition coefficient (Wildman–Crippen LogP) is 2.68. The van der Waals surface area contributed by atoms with Gasteiger partial charge in [-0.3, -0.25) is 4.79 Å². The van der Waals surface area contributed by atoms with Crippen LogP contribution in [0.1, 0.15) is 28.8 Å². The molecular formula is C19H19NO6S. The maximum absolute atomic E-state index is 12.7. The van der Waals surface area contributed by atoms with Gasteiger partial charge in [0.2, 0.25) is 5.91 Å². The summed E-state index contributed by atoms with van der Waals surface area (Å²) in [5.74, 6) is -0.781. The van der Waals surface area contributed by atoms with Gasteiger partial charge in [0.15, 0.2) is 5.75 Å². The third kappa shape index (κ3) is 3.80. The molecule has 1 aliphatic rings. The van der Waals surface area contributed by atoms with E-state index in [0.29, 0.717) is 24.2 Å². The first-order valence-electron chi connectivity index (χ1n) is 8.36. The molecule has 0 spiro atoms. The number of esters is 1. The maximum atomic E-state index is 12.7. The lowest BCUT2D eigenvalue weighted by molar-refractivity contribution is -0.117. The molecule has 1 fully saturated rings. The Labute approximate surface area is 157 Å². The zero-order valence-electron chi connectivity index (χ0n) is 15.0. The summed E-state index contributed by atoms with van der Waals surface area (Å²) in [5, 5.41) is 0. The largest absolute Gasteiger partial charge is 0.465 e. The van der Waals surface area contributed by atoms with E-state index >= 15 is 0 Å². The van der Waals surface area contributed by atoms with Gasteiger partial charge in [-0.1, -0.05) is 12.1 Å². The van der Waals surface area contributed by atoms with Gasteiger partial charge in [0.05, 0.1) is 7.11 Å². The van der Waals surface area contributed by atoms with E-state index in [0.717, 1.165) is 6.42 Å². The van der Waals surface area contributed by atoms with Crippen LogP contribution in [-0.2, 0) is 19.6 Å². The number of aryl methyl sites for hydroxylation is 1. The second kappa shape index (κ2) is 7.40. The summed E-state index contributed by atoms with van der Waals surface area (Å²) >= 11 is 0. The third-order valence-electron chi connectivity index (χ3n) is 4.30. The minimum absolute atomic E-state index is 0.0144. The first-order chi connectivity index (χ1) is 12.8. The number of hydrogen-bond donors (Lipinski definition) is 0. The summed E-state index contributed by atoms with van der Waals surface area (Å²) in [6.07, 6.45) is 1.28. The van der Waals surface area contributed by atoms with Crippen molar-refractivity contribution in [2.45, 2.75) is 24.7 Å². The highest BCUT2D eigenvalue weighted by Crippen LogP contribution is 2.29. The molecule has 7 nitrogen and oxygen atoms in total. The molecule has 1 amide bonds. The van der Waals surface area contributed by atoms with E-state index in [1.165, 1.54) is 25.3 Å². The number of anilines is 1. The predicted molar refractivity (Wildman–Crippen MR) is 98.4 cm³/mol. The Morgan fingerprint density at radius 1 is 1.15 bits per heavy atom. The lowest BCUT2D eigenvalue weighted by Crippen LogP contribution is -2.24. The molecular weight excluding hydrogens is 370 g/mol. The summed E-state index contributed by atoms with van der Waals surface area (Å²) in [5.41, 5.74) is 1.12. The van der Waals surface area contributed by atoms with Crippen LogP contribution >= 0.6 is 0 Å². The van der Waals surface area contributed by atoms with Gasteiger partial charge in [-0.05, 0) is 49.2 Å². The van der Waals surface area contributed by atoms with Gasteiger partial charge in [0, 0.05) is 18.7 Å². The summed E-state index contributed by atoms with van der Waals surface area (Å²) in [4.78, 5) is 25.3. The highest BCUT2D eigenvalue weighted by atomic mass is 32.2. The average molecular weight is 389 g/mol. The van der Waals surface area contributed by atoms with Gasteiger partial charge >= 0.3 is 16.1 Å². The number of rotatable bonds is 5. The zero-order chi connectivity index (χ0) is 19.6. The summed E-state index contributed by atoms with van der Waals surface area (Å²) in [6.45, 7) is 2.25. The monoisotopic (exact) mass is 389 g/mol. The molecule has 0 aliphatic carbocycles. The number of benzene rings is 2. The number of nitrogens with zero attached hydrogens (tertiary/aromatic N) is 1. The van der Waals surface area contributed by atoms with Crippen molar-refractivity contribution in [2.75, 3.05) is 18.6 Å². The molecule has 1 saturated heterocycles. The Morgan fingerprint density at radius 2 is 1.89 bits per heavy atom. The van der Waals surface area contributed by atoms with Crippen LogP contribution in [0.25, 0.3) is 0 Å². The SMILES string of the molecule is COC(=O)c1ccccc1OS(=O)(=O)c1ccc(N2CCCC2=O)cc1C. The smallest absolute Gasteiger partial charge is 0.341 e. The van der Waals surface area contributed by atoms with Crippen molar-refractivity contribution in [1.82, 2.24) is 0 Å². The minimum atomic E-state index is -4.17. The van der Waals surface area contributed by atoms with Gasteiger partial charge in [-0.2, -0.15) is 8.42 Å². The van der Waals surface area contributed by atoms with Crippen molar-refractivity contribution in [2.24, 2.45) is 0 Å². The van der Waals surface area contributed by atoms with Crippen LogP contribution in [0.2, 0.25) is 0 Å². The lowest BCUT2D eigenvalue weighted by Gasteiger charge is -2.18. The molecule has 0 saturated carbocycles. The Bertz CT molecular complexity index is 999. The van der Waals surface area contributed by atoms with Crippen LogP contribution in [0.4, 0.5) is 5.69 Å². The van der Waals surface area contributed by atoms with Crippen LogP contribution < -0.4 is 9.08 Å². The highest BCUT2D eigenvalue weighted by Gasteiger charge is 2.26. The molecule has 142 valence electrons. The van der Waals surface area contributed by atoms with Crippen LogP contribution in [0.3, 0.4) is 0 Å². The molecule has 0 atom stereocenters. The number of carbonyl (C=O) groups excluding carboxylic acids is 2. The number of para-hydroxylation sites is 1. The van der Waals surface area contributed by atoms with Crippen molar-refractivity contribution in [3.8, 4) is 5.75 Å². The second-order valence-electron chi connectivity index (χ2n) is 6.12. The van der Waals surface area contributed by atoms with E-state index in [1.54, 1.807) is 36.1 Å². The molecule has 2 aromatic rings. The van der Waals surface area contributed by atoms with Gasteiger partial charge in [0.1, 0.15) is 10.5 Å². The highest BCUT2D eigenvalue weighted by molar-refractivity contribution is 7.87. The van der Waals surface area contributed by atoms with Gasteiger partial charge in [0.25, 0.3) is 0 Å².